The molecule has 0 bridgehead atoms. The van der Waals surface area contributed by atoms with E-state index in [-0.39, 0.29) is 43.2 Å². The van der Waals surface area contributed by atoms with E-state index in [0.717, 1.165) is 18.4 Å². The van der Waals surface area contributed by atoms with E-state index in [1.54, 1.807) is 0 Å². The van der Waals surface area contributed by atoms with E-state index in [4.69, 9.17) is 23.2 Å². The predicted molar refractivity (Wildman–Crippen MR) is 240 cm³/mol. The maximum absolute atomic E-state index is 15.1. The molecule has 2 aromatic carbocycles. The van der Waals surface area contributed by atoms with Crippen LogP contribution in [0.3, 0.4) is 0 Å². The minimum Gasteiger partial charge on any atom is -0.346 e. The summed E-state index contributed by atoms with van der Waals surface area (Å²) in [7, 11) is -3.87. The molecule has 5 aromatic rings. The Balaban J connectivity index is 0.00000245. The lowest BCUT2D eigenvalue weighted by Crippen LogP contribution is -2.35. The lowest BCUT2D eigenvalue weighted by molar-refractivity contribution is -0.142. The molecule has 0 saturated heterocycles. The highest BCUT2D eigenvalue weighted by Crippen LogP contribution is 2.47. The van der Waals surface area contributed by atoms with Crippen LogP contribution in [0.5, 0.6) is 0 Å². The average Bonchev–Trinajstić information content (AvgIpc) is 3.89. The zero-order valence-corrected chi connectivity index (χ0v) is 40.5. The van der Waals surface area contributed by atoms with Gasteiger partial charge in [-0.25, -0.2) is 18.0 Å². The number of aromatic nitrogens is 5. The van der Waals surface area contributed by atoms with E-state index < -0.39 is 134 Å². The molecule has 1 N–H and O–H groups in total. The normalized spacial score (nSPS) is 14.6. The molecule has 0 radical (unpaired) electrons. The zero-order valence-electron chi connectivity index (χ0n) is 37.3. The first-order valence-corrected chi connectivity index (χ1v) is 24.2. The van der Waals surface area contributed by atoms with E-state index in [1.807, 2.05) is 27.7 Å². The summed E-state index contributed by atoms with van der Waals surface area (Å²) < 4.78 is 169. The number of amides is 2. The highest BCUT2D eigenvalue weighted by Gasteiger charge is 2.50. The van der Waals surface area contributed by atoms with Gasteiger partial charge in [-0.1, -0.05) is 51.3 Å². The molecule has 0 saturated carbocycles. The van der Waals surface area contributed by atoms with Gasteiger partial charge < -0.3 is 5.32 Å². The Bertz CT molecular complexity index is 2790. The van der Waals surface area contributed by atoms with Crippen LogP contribution < -0.4 is 9.62 Å². The van der Waals surface area contributed by atoms with E-state index in [1.165, 1.54) is 44.4 Å². The van der Waals surface area contributed by atoms with Gasteiger partial charge in [0.15, 0.2) is 11.5 Å². The van der Waals surface area contributed by atoms with Crippen LogP contribution in [0.15, 0.2) is 42.5 Å². The Morgan fingerprint density at radius 3 is 2.07 bits per heavy atom. The van der Waals surface area contributed by atoms with Gasteiger partial charge in [0.25, 0.3) is 5.92 Å². The van der Waals surface area contributed by atoms with Gasteiger partial charge in [0.05, 0.1) is 27.7 Å². The summed E-state index contributed by atoms with van der Waals surface area (Å²) >= 11 is 12.2. The fourth-order valence-corrected chi connectivity index (χ4v) is 8.36. The fourth-order valence-electron chi connectivity index (χ4n) is 6.98. The molecule has 1 aliphatic carbocycles. The van der Waals surface area contributed by atoms with Crippen molar-refractivity contribution in [3.8, 4) is 23.0 Å². The molecule has 2 amide bonds. The van der Waals surface area contributed by atoms with E-state index in [2.05, 4.69) is 32.3 Å². The first-order valence-electron chi connectivity index (χ1n) is 20.3. The molecule has 11 nitrogen and oxygen atoms in total. The Kier molecular flexibility index (Phi) is 17.7. The van der Waals surface area contributed by atoms with Gasteiger partial charge in [-0.2, -0.15) is 49.6 Å². The van der Waals surface area contributed by atoms with Gasteiger partial charge in [0.1, 0.15) is 51.8 Å². The van der Waals surface area contributed by atoms with Crippen LogP contribution in [0.2, 0.25) is 5.02 Å². The number of nitrogens with one attached hydrogen (secondary N) is 1. The lowest BCUT2D eigenvalue weighted by Gasteiger charge is -2.23. The van der Waals surface area contributed by atoms with E-state index in [9.17, 15) is 53.1 Å². The third-order valence-electron chi connectivity index (χ3n) is 9.86. The SMILES string of the molecule is CC.CC.CS(=O)N(C(=O)Cl)c1nn(CC(F)(F)F)c2c(-c3ccc(C#CC(C)(C)S(C)=O)nc3C(Cc3cc(F)cc(F)c3)NC(=O)Cn3nc(C(F)(F)F)c4c3C(F)(F)CC4)ccc(Cl)c12. The molecular formula is C43H43Cl2F10N7O4S2. The summed E-state index contributed by atoms with van der Waals surface area (Å²) in [4.78, 5) is 31.0. The number of benzene rings is 2. The number of carbonyl (C=O) groups is 2. The fraction of sp³-hybridized carbons (Fsp3) is 0.419. The summed E-state index contributed by atoms with van der Waals surface area (Å²) in [6.07, 6.45) is -10.2. The molecule has 1 aliphatic rings. The molecule has 0 spiro atoms. The molecule has 3 unspecified atom stereocenters. The van der Waals surface area contributed by atoms with Crippen LogP contribution in [0.4, 0.5) is 54.5 Å². The smallest absolute Gasteiger partial charge is 0.346 e. The Hall–Kier alpha value is -5.05. The van der Waals surface area contributed by atoms with Gasteiger partial charge in [-0.3, -0.25) is 23.2 Å². The third-order valence-corrected chi connectivity index (χ3v) is 12.8. The van der Waals surface area contributed by atoms with Gasteiger partial charge in [-0.05, 0) is 80.1 Å². The average molecular weight is 1050 g/mol. The number of hydrogen-bond acceptors (Lipinski definition) is 7. The minimum atomic E-state index is -5.18. The highest BCUT2D eigenvalue weighted by atomic mass is 35.5. The Morgan fingerprint density at radius 2 is 1.53 bits per heavy atom. The van der Waals surface area contributed by atoms with Crippen molar-refractivity contribution in [1.29, 1.82) is 0 Å². The highest BCUT2D eigenvalue weighted by molar-refractivity contribution is 7.86. The lowest BCUT2D eigenvalue weighted by atomic mass is 9.93. The standard InChI is InChI=1S/C39H31Cl2F10N7O4S2.2C2H6/c1-36(2,63(3)61)11-9-22-5-6-23(24-7-8-26(40)29-31(24)57(18-38(46,47)48)55-34(29)58(35(41)60)64(4)62)30(52-22)27(15-19-13-20(42)16-21(43)14-19)53-28(59)17-56-33-25(10-12-37(33,44)45)32(54-56)39(49,50)51;2*1-2/h5-8,13-14,16,27H,10,12,15,17-18H2,1-4H3,(H,53,59);2*1-2H3. The Labute approximate surface area is 399 Å². The van der Waals surface area contributed by atoms with Crippen LogP contribution >= 0.6 is 23.2 Å². The molecule has 68 heavy (non-hydrogen) atoms. The maximum Gasteiger partial charge on any atom is 0.435 e. The Morgan fingerprint density at radius 1 is 0.926 bits per heavy atom. The molecule has 0 fully saturated rings. The van der Waals surface area contributed by atoms with Crippen molar-refractivity contribution in [2.45, 2.75) is 103 Å². The van der Waals surface area contributed by atoms with E-state index >= 15 is 8.78 Å². The van der Waals surface area contributed by atoms with Crippen molar-refractivity contribution >= 4 is 73.0 Å². The summed E-state index contributed by atoms with van der Waals surface area (Å²) in [6.45, 7) is 7.98. The molecule has 0 aliphatic heterocycles. The molecule has 6 rings (SSSR count). The number of alkyl halides is 8. The largest absolute Gasteiger partial charge is 0.435 e. The molecule has 3 atom stereocenters. The van der Waals surface area contributed by atoms with Gasteiger partial charge >= 0.3 is 17.7 Å². The molecular weight excluding hydrogens is 1000 g/mol. The quantitative estimate of drug-likeness (QED) is 0.0603. The summed E-state index contributed by atoms with van der Waals surface area (Å²) in [6, 6.07) is 5.47. The number of carbonyl (C=O) groups excluding carboxylic acids is 2. The topological polar surface area (TPSA) is 132 Å². The molecule has 25 heteroatoms. The van der Waals surface area contributed by atoms with Crippen molar-refractivity contribution in [2.75, 3.05) is 16.8 Å². The summed E-state index contributed by atoms with van der Waals surface area (Å²) in [5.74, 6) is -2.43. The number of pyridine rings is 1. The van der Waals surface area contributed by atoms with Crippen molar-refractivity contribution in [1.82, 2.24) is 29.9 Å². The monoisotopic (exact) mass is 1050 g/mol. The van der Waals surface area contributed by atoms with Crippen LogP contribution in [0.1, 0.15) is 87.9 Å². The second-order valence-corrected chi connectivity index (χ2v) is 18.7. The van der Waals surface area contributed by atoms with Gasteiger partial charge in [0, 0.05) is 52.5 Å². The second kappa shape index (κ2) is 21.7. The van der Waals surface area contributed by atoms with Crippen LogP contribution in [-0.2, 0) is 64.6 Å². The molecule has 3 heterocycles. The van der Waals surface area contributed by atoms with Crippen LogP contribution in [-0.4, -0.2) is 67.7 Å². The van der Waals surface area contributed by atoms with Crippen molar-refractivity contribution < 1.29 is 61.9 Å². The van der Waals surface area contributed by atoms with Crippen molar-refractivity contribution in [3.63, 3.8) is 0 Å². The minimum absolute atomic E-state index is 0.128. The zero-order chi connectivity index (χ0) is 51.4. The second-order valence-electron chi connectivity index (χ2n) is 14.9. The predicted octanol–water partition coefficient (Wildman–Crippen LogP) is 11.0. The molecule has 3 aromatic heterocycles. The third kappa shape index (κ3) is 12.6. The number of hydrogen-bond donors (Lipinski definition) is 1. The first kappa shape index (κ1) is 55.5. The van der Waals surface area contributed by atoms with Gasteiger partial charge in [-0.15, -0.1) is 0 Å². The summed E-state index contributed by atoms with van der Waals surface area (Å²) in [5, 5.41) is 7.59. The number of anilines is 1. The first-order chi connectivity index (χ1) is 31.6. The van der Waals surface area contributed by atoms with Gasteiger partial charge in [0.2, 0.25) is 5.91 Å². The number of halogens is 12. The van der Waals surface area contributed by atoms with Crippen molar-refractivity contribution in [3.05, 3.63) is 93.0 Å². The number of rotatable bonds is 11. The van der Waals surface area contributed by atoms with Crippen molar-refractivity contribution in [2.24, 2.45) is 0 Å². The van der Waals surface area contributed by atoms with Crippen LogP contribution in [0, 0.1) is 23.5 Å². The van der Waals surface area contributed by atoms with E-state index in [0.29, 0.717) is 15.1 Å². The van der Waals surface area contributed by atoms with Crippen LogP contribution in [0.25, 0.3) is 22.0 Å². The maximum atomic E-state index is 15.1. The number of nitrogens with zero attached hydrogens (tertiary/aromatic N) is 6. The molecule has 370 valence electrons. The summed E-state index contributed by atoms with van der Waals surface area (Å²) in [5.41, 5.74) is -5.08. The number of fused-ring (bicyclic) bond motifs is 2.